The zero-order valence-electron chi connectivity index (χ0n) is 15.9. The smallest absolute Gasteiger partial charge is 0.196 e. The Morgan fingerprint density at radius 2 is 1.65 bits per heavy atom. The van der Waals surface area contributed by atoms with Crippen molar-refractivity contribution in [2.45, 2.75) is 39.4 Å². The van der Waals surface area contributed by atoms with Crippen LogP contribution in [0.5, 0.6) is 5.75 Å². The number of aliphatic hydroxyl groups excluding tert-OH is 1. The third-order valence-corrected chi connectivity index (χ3v) is 4.01. The molecule has 26 heavy (non-hydrogen) atoms. The van der Waals surface area contributed by atoms with Gasteiger partial charge >= 0.3 is 0 Å². The summed E-state index contributed by atoms with van der Waals surface area (Å²) in [5, 5.41) is 10.0. The van der Waals surface area contributed by atoms with Gasteiger partial charge in [0, 0.05) is 12.7 Å². The van der Waals surface area contributed by atoms with Gasteiger partial charge in [-0.05, 0) is 41.7 Å². The van der Waals surface area contributed by atoms with E-state index in [1.54, 1.807) is 24.3 Å². The molecule has 0 aliphatic carbocycles. The molecule has 140 valence electrons. The highest BCUT2D eigenvalue weighted by Crippen LogP contribution is 2.24. The monoisotopic (exact) mass is 356 g/mol. The maximum absolute atomic E-state index is 12.7. The minimum atomic E-state index is -0.628. The Hall–Kier alpha value is -2.17. The fourth-order valence-corrected chi connectivity index (χ4v) is 2.85. The maximum atomic E-state index is 12.7. The molecular formula is C22H28O4. The zero-order chi connectivity index (χ0) is 19.2. The van der Waals surface area contributed by atoms with Crippen LogP contribution < -0.4 is 4.74 Å². The van der Waals surface area contributed by atoms with Crippen LogP contribution in [0, 0.1) is 5.41 Å². The van der Waals surface area contributed by atoms with Crippen LogP contribution in [0.1, 0.15) is 49.2 Å². The van der Waals surface area contributed by atoms with Gasteiger partial charge in [0.2, 0.25) is 0 Å². The molecule has 0 bridgehead atoms. The van der Waals surface area contributed by atoms with Crippen LogP contribution in [0.15, 0.2) is 54.6 Å². The lowest BCUT2D eigenvalue weighted by atomic mass is 9.89. The van der Waals surface area contributed by atoms with Gasteiger partial charge in [0.25, 0.3) is 0 Å². The van der Waals surface area contributed by atoms with Gasteiger partial charge in [-0.1, -0.05) is 51.1 Å². The highest BCUT2D eigenvalue weighted by molar-refractivity contribution is 6.00. The number of ketones is 1. The van der Waals surface area contributed by atoms with E-state index in [9.17, 15) is 9.90 Å². The molecule has 0 aliphatic rings. The van der Waals surface area contributed by atoms with Crippen LogP contribution >= 0.6 is 0 Å². The SMILES string of the molecule is COC(C(=O)c1ccc(OCC(O)CC(C)(C)C)cc1)c1ccccc1. The van der Waals surface area contributed by atoms with Crippen molar-refractivity contribution in [1.29, 1.82) is 0 Å². The number of rotatable bonds is 8. The first-order chi connectivity index (χ1) is 12.3. The molecule has 0 amide bonds. The van der Waals surface area contributed by atoms with Gasteiger partial charge in [0.15, 0.2) is 5.78 Å². The van der Waals surface area contributed by atoms with Crippen LogP contribution in [0.25, 0.3) is 0 Å². The van der Waals surface area contributed by atoms with Crippen LogP contribution in [0.3, 0.4) is 0 Å². The van der Waals surface area contributed by atoms with Crippen molar-refractivity contribution in [3.05, 3.63) is 65.7 Å². The molecule has 0 aliphatic heterocycles. The highest BCUT2D eigenvalue weighted by atomic mass is 16.5. The van der Waals surface area contributed by atoms with Crippen molar-refractivity contribution < 1.29 is 19.4 Å². The molecular weight excluding hydrogens is 328 g/mol. The van der Waals surface area contributed by atoms with E-state index in [4.69, 9.17) is 9.47 Å². The molecule has 0 saturated heterocycles. The van der Waals surface area contributed by atoms with Crippen LogP contribution in [0.4, 0.5) is 0 Å². The van der Waals surface area contributed by atoms with Crippen LogP contribution in [0.2, 0.25) is 0 Å². The number of Topliss-reactive ketones (excluding diaryl/α,β-unsaturated/α-hetero) is 1. The van der Waals surface area contributed by atoms with Crippen molar-refractivity contribution in [2.75, 3.05) is 13.7 Å². The highest BCUT2D eigenvalue weighted by Gasteiger charge is 2.21. The summed E-state index contributed by atoms with van der Waals surface area (Å²) < 4.78 is 11.0. The molecule has 4 nitrogen and oxygen atoms in total. The van der Waals surface area contributed by atoms with E-state index in [1.807, 2.05) is 30.3 Å². The fourth-order valence-electron chi connectivity index (χ4n) is 2.85. The summed E-state index contributed by atoms with van der Waals surface area (Å²) in [5.74, 6) is 0.529. The van der Waals surface area contributed by atoms with Gasteiger partial charge < -0.3 is 14.6 Å². The van der Waals surface area contributed by atoms with E-state index >= 15 is 0 Å². The summed E-state index contributed by atoms with van der Waals surface area (Å²) in [7, 11) is 1.53. The van der Waals surface area contributed by atoms with Crippen molar-refractivity contribution in [2.24, 2.45) is 5.41 Å². The Bertz CT molecular complexity index is 686. The summed E-state index contributed by atoms with van der Waals surface area (Å²) >= 11 is 0. The Labute approximate surface area is 155 Å². The van der Waals surface area contributed by atoms with Gasteiger partial charge in [-0.25, -0.2) is 0 Å². The van der Waals surface area contributed by atoms with E-state index in [0.717, 1.165) is 5.56 Å². The summed E-state index contributed by atoms with van der Waals surface area (Å²) in [6.07, 6.45) is -0.486. The summed E-state index contributed by atoms with van der Waals surface area (Å²) in [6, 6.07) is 16.4. The zero-order valence-corrected chi connectivity index (χ0v) is 15.9. The third-order valence-electron chi connectivity index (χ3n) is 4.01. The lowest BCUT2D eigenvalue weighted by molar-refractivity contribution is 0.0603. The predicted octanol–water partition coefficient (Wildman–Crippen LogP) is 4.43. The molecule has 0 radical (unpaired) electrons. The Kier molecular flexibility index (Phi) is 6.95. The maximum Gasteiger partial charge on any atom is 0.196 e. The Balaban J connectivity index is 1.99. The summed E-state index contributed by atoms with van der Waals surface area (Å²) in [5.41, 5.74) is 1.43. The fraction of sp³-hybridized carbons (Fsp3) is 0.409. The number of aliphatic hydroxyl groups is 1. The number of ether oxygens (including phenoxy) is 2. The second-order valence-electron chi connectivity index (χ2n) is 7.64. The predicted molar refractivity (Wildman–Crippen MR) is 103 cm³/mol. The topological polar surface area (TPSA) is 55.8 Å². The van der Waals surface area contributed by atoms with Crippen LogP contribution in [-0.4, -0.2) is 30.7 Å². The Morgan fingerprint density at radius 3 is 2.19 bits per heavy atom. The standard InChI is InChI=1S/C22H28O4/c1-22(2,3)14-18(23)15-26-19-12-10-16(11-13-19)20(24)21(25-4)17-8-6-5-7-9-17/h5-13,18,21,23H,14-15H2,1-4H3. The number of carbonyl (C=O) groups is 1. The number of benzene rings is 2. The molecule has 0 fully saturated rings. The first kappa shape index (κ1) is 20.1. The Morgan fingerprint density at radius 1 is 1.04 bits per heavy atom. The average molecular weight is 356 g/mol. The number of carbonyl (C=O) groups excluding carboxylic acids is 1. The van der Waals surface area contributed by atoms with Gasteiger partial charge in [-0.2, -0.15) is 0 Å². The molecule has 0 spiro atoms. The minimum Gasteiger partial charge on any atom is -0.491 e. The molecule has 2 aromatic rings. The summed E-state index contributed by atoms with van der Waals surface area (Å²) in [4.78, 5) is 12.7. The average Bonchev–Trinajstić information content (AvgIpc) is 2.60. The van der Waals surface area contributed by atoms with E-state index in [0.29, 0.717) is 17.7 Å². The van der Waals surface area contributed by atoms with Crippen molar-refractivity contribution in [1.82, 2.24) is 0 Å². The number of hydrogen-bond acceptors (Lipinski definition) is 4. The van der Waals surface area contributed by atoms with Gasteiger partial charge in [-0.3, -0.25) is 4.79 Å². The third kappa shape index (κ3) is 5.97. The first-order valence-corrected chi connectivity index (χ1v) is 8.83. The molecule has 2 atom stereocenters. The van der Waals surface area contributed by atoms with E-state index in [-0.39, 0.29) is 17.8 Å². The van der Waals surface area contributed by atoms with Crippen molar-refractivity contribution >= 4 is 5.78 Å². The van der Waals surface area contributed by atoms with Crippen LogP contribution in [-0.2, 0) is 4.74 Å². The molecule has 2 aromatic carbocycles. The second kappa shape index (κ2) is 8.97. The molecule has 0 heterocycles. The van der Waals surface area contributed by atoms with Crippen molar-refractivity contribution in [3.63, 3.8) is 0 Å². The number of hydrogen-bond donors (Lipinski definition) is 1. The largest absolute Gasteiger partial charge is 0.491 e. The number of methoxy groups -OCH3 is 1. The van der Waals surface area contributed by atoms with Gasteiger partial charge in [0.05, 0.1) is 6.10 Å². The quantitative estimate of drug-likeness (QED) is 0.711. The lowest BCUT2D eigenvalue weighted by Crippen LogP contribution is -2.23. The normalized spacial score (nSPS) is 13.9. The second-order valence-corrected chi connectivity index (χ2v) is 7.64. The van der Waals surface area contributed by atoms with Gasteiger partial charge in [-0.15, -0.1) is 0 Å². The lowest BCUT2D eigenvalue weighted by Gasteiger charge is -2.22. The molecule has 0 saturated carbocycles. The molecule has 0 aromatic heterocycles. The van der Waals surface area contributed by atoms with E-state index < -0.39 is 12.2 Å². The summed E-state index contributed by atoms with van der Waals surface area (Å²) in [6.45, 7) is 6.47. The first-order valence-electron chi connectivity index (χ1n) is 8.83. The van der Waals surface area contributed by atoms with Gasteiger partial charge in [0.1, 0.15) is 18.5 Å². The molecule has 1 N–H and O–H groups in total. The minimum absolute atomic E-state index is 0.0473. The van der Waals surface area contributed by atoms with E-state index in [2.05, 4.69) is 20.8 Å². The van der Waals surface area contributed by atoms with E-state index in [1.165, 1.54) is 7.11 Å². The molecule has 2 unspecified atom stereocenters. The van der Waals surface area contributed by atoms with Crippen molar-refractivity contribution in [3.8, 4) is 5.75 Å². The molecule has 4 heteroatoms. The molecule has 2 rings (SSSR count).